The Morgan fingerprint density at radius 1 is 0.304 bits per heavy atom. The van der Waals surface area contributed by atoms with Crippen LogP contribution in [0.15, 0.2) is 122 Å². The van der Waals surface area contributed by atoms with Gasteiger partial charge in [-0.3, -0.25) is 18.6 Å². The Morgan fingerprint density at radius 3 is 0.784 bits per heavy atom. The van der Waals surface area contributed by atoms with Crippen molar-refractivity contribution in [2.75, 3.05) is 47.5 Å². The lowest BCUT2D eigenvalue weighted by Crippen LogP contribution is -2.37. The van der Waals surface area contributed by atoms with Crippen LogP contribution in [0.2, 0.25) is 0 Å². The zero-order valence-corrected chi connectivity index (χ0v) is 68.5. The summed E-state index contributed by atoms with van der Waals surface area (Å²) < 4.78 is 34.9. The van der Waals surface area contributed by atoms with Gasteiger partial charge in [0.25, 0.3) is 0 Å². The number of allylic oxidation sites excluding steroid dienone is 20. The van der Waals surface area contributed by atoms with Crippen LogP contribution in [-0.2, 0) is 32.7 Å². The minimum atomic E-state index is -4.40. The van der Waals surface area contributed by atoms with E-state index in [0.717, 1.165) is 96.3 Å². The van der Waals surface area contributed by atoms with E-state index in [4.69, 9.17) is 18.5 Å². The van der Waals surface area contributed by atoms with Crippen molar-refractivity contribution >= 4 is 19.8 Å². The molecule has 0 aromatic rings. The first-order valence-electron chi connectivity index (χ1n) is 43.3. The van der Waals surface area contributed by atoms with Crippen LogP contribution in [0.4, 0.5) is 0 Å². The van der Waals surface area contributed by atoms with Crippen molar-refractivity contribution in [1.29, 1.82) is 0 Å². The smallest absolute Gasteiger partial charge is 0.462 e. The van der Waals surface area contributed by atoms with Gasteiger partial charge in [0.2, 0.25) is 0 Å². The monoisotopic (exact) mass is 1440 g/mol. The van der Waals surface area contributed by atoms with Gasteiger partial charge in [-0.05, 0) is 103 Å². The summed E-state index contributed by atoms with van der Waals surface area (Å²) in [6, 6.07) is 0. The van der Waals surface area contributed by atoms with E-state index in [0.29, 0.717) is 23.9 Å². The van der Waals surface area contributed by atoms with E-state index in [1.807, 2.05) is 21.1 Å². The molecule has 0 rings (SSSR count). The molecule has 0 heterocycles. The summed E-state index contributed by atoms with van der Waals surface area (Å²) in [7, 11) is 1.49. The summed E-state index contributed by atoms with van der Waals surface area (Å²) in [5.41, 5.74) is 0. The van der Waals surface area contributed by atoms with Gasteiger partial charge in [0.1, 0.15) is 19.8 Å². The van der Waals surface area contributed by atoms with E-state index < -0.39 is 26.5 Å². The van der Waals surface area contributed by atoms with E-state index in [-0.39, 0.29) is 25.6 Å². The molecule has 1 N–H and O–H groups in total. The van der Waals surface area contributed by atoms with Crippen LogP contribution in [0, 0.1) is 0 Å². The van der Waals surface area contributed by atoms with Crippen LogP contribution in [0.5, 0.6) is 0 Å². The molecule has 0 bridgehead atoms. The third kappa shape index (κ3) is 85.3. The summed E-state index contributed by atoms with van der Waals surface area (Å²) in [4.78, 5) is 36.1. The topological polar surface area (TPSA) is 108 Å². The molecule has 0 fully saturated rings. The zero-order valence-electron chi connectivity index (χ0n) is 67.6. The molecule has 590 valence electrons. The molecule has 0 aliphatic heterocycles. The van der Waals surface area contributed by atoms with Gasteiger partial charge in [0, 0.05) is 12.8 Å². The Bertz CT molecular complexity index is 2140. The summed E-state index contributed by atoms with van der Waals surface area (Å²) in [6.45, 7) is 4.26. The van der Waals surface area contributed by atoms with Gasteiger partial charge in [0.05, 0.1) is 27.7 Å². The molecular weight excluding hydrogens is 1280 g/mol. The number of carbonyl (C=O) groups is 2. The number of rotatable bonds is 80. The van der Waals surface area contributed by atoms with Crippen LogP contribution in [-0.4, -0.2) is 74.9 Å². The maximum atomic E-state index is 12.9. The number of nitrogens with zero attached hydrogens (tertiary/aromatic N) is 1. The predicted molar refractivity (Wildman–Crippen MR) is 445 cm³/mol. The quantitative estimate of drug-likeness (QED) is 0.0211. The third-order valence-corrected chi connectivity index (χ3v) is 20.0. The molecule has 10 heteroatoms. The molecule has 9 nitrogen and oxygen atoms in total. The van der Waals surface area contributed by atoms with Gasteiger partial charge >= 0.3 is 19.8 Å². The summed E-state index contributed by atoms with van der Waals surface area (Å²) >= 11 is 0. The highest BCUT2D eigenvalue weighted by atomic mass is 31.2. The molecule has 0 saturated heterocycles. The van der Waals surface area contributed by atoms with Crippen molar-refractivity contribution in [1.82, 2.24) is 0 Å². The number of carbonyl (C=O) groups excluding carboxylic acids is 2. The Morgan fingerprint density at radius 2 is 0.529 bits per heavy atom. The molecule has 0 spiro atoms. The number of likely N-dealkylation sites (N-methyl/N-ethyl adjacent to an activating group) is 1. The molecule has 0 aliphatic carbocycles. The van der Waals surface area contributed by atoms with Gasteiger partial charge in [0.15, 0.2) is 6.10 Å². The minimum absolute atomic E-state index is 0.0316. The average molecular weight is 1440 g/mol. The fourth-order valence-electron chi connectivity index (χ4n) is 12.5. The number of ether oxygens (including phenoxy) is 2. The number of esters is 2. The normalized spacial score (nSPS) is 13.6. The first-order chi connectivity index (χ1) is 50.0. The number of phosphoric ester groups is 1. The molecule has 0 aliphatic rings. The SMILES string of the molecule is CC/C=C\C/C=C\C/C=C\C/C=C\C/C=C\C/C=C\CCCCCCCCCCCCCCCCCCCCCCC(=O)OC(COC(=O)CCCCCCCCCCCCCCCCCCCCCCCCCCCC/C=C\C/C=C\C/C=C\C/C=C\CC)COP(=O)(O)OCC[N+](C)(C)C. The Labute approximate surface area is 632 Å². The highest BCUT2D eigenvalue weighted by Crippen LogP contribution is 2.43. The van der Waals surface area contributed by atoms with Crippen molar-refractivity contribution in [2.45, 2.75) is 405 Å². The number of hydrogen-bond donors (Lipinski definition) is 1. The molecule has 102 heavy (non-hydrogen) atoms. The Kier molecular flexibility index (Phi) is 78.6. The van der Waals surface area contributed by atoms with Crippen molar-refractivity contribution in [3.63, 3.8) is 0 Å². The molecule has 0 amide bonds. The Hall–Kier alpha value is -3.59. The van der Waals surface area contributed by atoms with E-state index in [2.05, 4.69) is 135 Å². The van der Waals surface area contributed by atoms with Gasteiger partial charge in [-0.25, -0.2) is 4.57 Å². The molecular formula is C92H165NO8P+. The number of quaternary nitrogens is 1. The maximum absolute atomic E-state index is 12.9. The van der Waals surface area contributed by atoms with Crippen LogP contribution in [0.3, 0.4) is 0 Å². The second kappa shape index (κ2) is 81.5. The average Bonchev–Trinajstić information content (AvgIpc) is 0.914. The lowest BCUT2D eigenvalue weighted by Gasteiger charge is -2.24. The second-order valence-corrected chi connectivity index (χ2v) is 31.6. The standard InChI is InChI=1S/C92H164NO8P/c1-6-8-10-12-14-16-18-20-22-24-26-28-30-32-34-36-38-40-42-44-46-48-50-52-54-56-58-60-62-64-66-68-70-72-74-76-78-80-82-84-91(94)98-88-90(89-100-102(96,97)99-87-86-93(3,4)5)101-92(95)85-83-81-79-77-75-73-71-69-67-65-63-61-59-57-55-53-51-49-47-45-43-41-39-37-35-33-31-29-27-25-23-21-19-17-15-13-11-9-7-2/h8-11,14-17,20-23,26-29,33,35,39,41,90H,6-7,12-13,18-19,24-25,30-32,34,36-38,40,42-89H2,1-5H3/p+1/b10-8-,11-9-,16-14-,17-15-,22-20-,23-21-,28-26-,29-27-,35-33-,41-39-. The zero-order chi connectivity index (χ0) is 74.0. The van der Waals surface area contributed by atoms with Crippen LogP contribution >= 0.6 is 7.82 Å². The van der Waals surface area contributed by atoms with E-state index in [1.54, 1.807) is 0 Å². The fraction of sp³-hybridized carbons (Fsp3) is 0.761. The van der Waals surface area contributed by atoms with Gasteiger partial charge in [-0.15, -0.1) is 0 Å². The number of phosphoric acid groups is 1. The van der Waals surface area contributed by atoms with Gasteiger partial charge in [-0.2, -0.15) is 0 Å². The fourth-order valence-corrected chi connectivity index (χ4v) is 13.2. The highest BCUT2D eigenvalue weighted by Gasteiger charge is 2.27. The first-order valence-corrected chi connectivity index (χ1v) is 44.8. The second-order valence-electron chi connectivity index (χ2n) is 30.2. The van der Waals surface area contributed by atoms with E-state index in [9.17, 15) is 19.0 Å². The predicted octanol–water partition coefficient (Wildman–Crippen LogP) is 29.3. The molecule has 0 aromatic carbocycles. The number of unbranched alkanes of at least 4 members (excludes halogenated alkanes) is 46. The molecule has 2 unspecified atom stereocenters. The van der Waals surface area contributed by atoms with Crippen LogP contribution in [0.1, 0.15) is 399 Å². The van der Waals surface area contributed by atoms with E-state index >= 15 is 0 Å². The first kappa shape index (κ1) is 98.4. The van der Waals surface area contributed by atoms with Crippen molar-refractivity contribution < 1.29 is 42.1 Å². The van der Waals surface area contributed by atoms with E-state index in [1.165, 1.54) is 270 Å². The Balaban J connectivity index is 3.89. The van der Waals surface area contributed by atoms with Crippen molar-refractivity contribution in [3.8, 4) is 0 Å². The van der Waals surface area contributed by atoms with Crippen LogP contribution < -0.4 is 0 Å². The van der Waals surface area contributed by atoms with Crippen molar-refractivity contribution in [3.05, 3.63) is 122 Å². The highest BCUT2D eigenvalue weighted by molar-refractivity contribution is 7.47. The molecule has 2 atom stereocenters. The summed E-state index contributed by atoms with van der Waals surface area (Å²) in [5.74, 6) is -0.778. The lowest BCUT2D eigenvalue weighted by molar-refractivity contribution is -0.870. The summed E-state index contributed by atoms with van der Waals surface area (Å²) in [5, 5.41) is 0. The van der Waals surface area contributed by atoms with Crippen LogP contribution in [0.25, 0.3) is 0 Å². The molecule has 0 aromatic heterocycles. The third-order valence-electron chi connectivity index (χ3n) is 19.0. The minimum Gasteiger partial charge on any atom is -0.462 e. The maximum Gasteiger partial charge on any atom is 0.472 e. The van der Waals surface area contributed by atoms with Gasteiger partial charge in [-0.1, -0.05) is 405 Å². The molecule has 0 radical (unpaired) electrons. The van der Waals surface area contributed by atoms with Crippen molar-refractivity contribution in [2.24, 2.45) is 0 Å². The number of hydrogen-bond acceptors (Lipinski definition) is 7. The lowest BCUT2D eigenvalue weighted by atomic mass is 10.0. The summed E-state index contributed by atoms with van der Waals surface area (Å²) in [6.07, 6.45) is 118. The largest absolute Gasteiger partial charge is 0.472 e. The molecule has 0 saturated carbocycles. The van der Waals surface area contributed by atoms with Gasteiger partial charge < -0.3 is 18.9 Å².